The molecule has 0 heterocycles. The van der Waals surface area contributed by atoms with E-state index in [1.807, 2.05) is 0 Å². The Morgan fingerprint density at radius 3 is 0.946 bits per heavy atom. The standard InChI is InChI=1S/C72H52Si2/c1-8-26-53(27-9-1)55-30-24-31-56(50-55)71-67-48-46-63(73(57-32-10-2-11-33-57,58-34-12-3-13-35-58)59-36-14-4-15-37-59)51-69(67)72(66-45-25-29-54-28-22-23-44-65(54)66)70-52-64(47-49-68(70)71)74(60-38-16-5-17-39-60,61-40-18-6-19-41-61)62-42-20-7-21-43-62/h1-52H. The SMILES string of the molecule is c1ccc(-c2cccc(-c3c4ccc([Si](c5ccccc5)(c5ccccc5)c5ccccc5)cc4c(-c4cccc5ccccc45)c4cc([Si](c5ccccc5)(c5ccccc5)c5ccccc5)ccc34)c2)cc1. The molecule has 0 N–H and O–H groups in total. The lowest BCUT2D eigenvalue weighted by molar-refractivity contribution is 1.61. The Labute approximate surface area is 436 Å². The molecule has 348 valence electrons. The van der Waals surface area contributed by atoms with Gasteiger partial charge < -0.3 is 0 Å². The summed E-state index contributed by atoms with van der Waals surface area (Å²) < 4.78 is 0. The molecule has 74 heavy (non-hydrogen) atoms. The van der Waals surface area contributed by atoms with Crippen LogP contribution < -0.4 is 41.5 Å². The first-order chi connectivity index (χ1) is 36.7. The van der Waals surface area contributed by atoms with Crippen molar-refractivity contribution >= 4 is 90.0 Å². The number of hydrogen-bond acceptors (Lipinski definition) is 0. The summed E-state index contributed by atoms with van der Waals surface area (Å²) in [6.07, 6.45) is 0. The van der Waals surface area contributed by atoms with E-state index in [4.69, 9.17) is 0 Å². The van der Waals surface area contributed by atoms with E-state index in [1.54, 1.807) is 0 Å². The summed E-state index contributed by atoms with van der Waals surface area (Å²) in [7, 11) is -5.96. The first-order valence-electron chi connectivity index (χ1n) is 25.7. The Hall–Kier alpha value is -8.93. The highest BCUT2D eigenvalue weighted by Crippen LogP contribution is 2.46. The van der Waals surface area contributed by atoms with Crippen molar-refractivity contribution in [1.82, 2.24) is 0 Å². The second-order valence-corrected chi connectivity index (χ2v) is 27.1. The van der Waals surface area contributed by atoms with Crippen molar-refractivity contribution in [2.75, 3.05) is 0 Å². The van der Waals surface area contributed by atoms with Crippen molar-refractivity contribution in [3.63, 3.8) is 0 Å². The van der Waals surface area contributed by atoms with E-state index >= 15 is 0 Å². The molecule has 0 radical (unpaired) electrons. The van der Waals surface area contributed by atoms with E-state index in [0.29, 0.717) is 0 Å². The molecule has 0 spiro atoms. The molecule has 0 nitrogen and oxygen atoms in total. The monoisotopic (exact) mass is 972 g/mol. The molecule has 2 heteroatoms. The van der Waals surface area contributed by atoms with Gasteiger partial charge in [0.05, 0.1) is 0 Å². The van der Waals surface area contributed by atoms with E-state index < -0.39 is 16.1 Å². The molecular formula is C72H52Si2. The summed E-state index contributed by atoms with van der Waals surface area (Å²) in [6, 6.07) is 119. The normalized spacial score (nSPS) is 11.8. The molecule has 0 bridgehead atoms. The van der Waals surface area contributed by atoms with Crippen LogP contribution in [0.1, 0.15) is 0 Å². The maximum absolute atomic E-state index is 2.98. The Kier molecular flexibility index (Phi) is 11.7. The lowest BCUT2D eigenvalue weighted by Crippen LogP contribution is -2.74. The van der Waals surface area contributed by atoms with Crippen LogP contribution in [0.2, 0.25) is 0 Å². The summed E-state index contributed by atoms with van der Waals surface area (Å²) in [6.45, 7) is 0. The summed E-state index contributed by atoms with van der Waals surface area (Å²) in [4.78, 5) is 0. The van der Waals surface area contributed by atoms with Gasteiger partial charge in [0.2, 0.25) is 0 Å². The van der Waals surface area contributed by atoms with E-state index in [9.17, 15) is 0 Å². The number of rotatable bonds is 11. The van der Waals surface area contributed by atoms with Crippen LogP contribution in [0, 0.1) is 0 Å². The predicted molar refractivity (Wildman–Crippen MR) is 323 cm³/mol. The maximum Gasteiger partial charge on any atom is 0.179 e. The van der Waals surface area contributed by atoms with Gasteiger partial charge in [-0.15, -0.1) is 0 Å². The molecule has 13 aromatic rings. The molecule has 13 aromatic carbocycles. The molecule has 0 unspecified atom stereocenters. The molecule has 0 saturated carbocycles. The predicted octanol–water partition coefficient (Wildman–Crippen LogP) is 12.9. The zero-order valence-corrected chi connectivity index (χ0v) is 43.0. The van der Waals surface area contributed by atoms with Crippen molar-refractivity contribution < 1.29 is 0 Å². The average Bonchev–Trinajstić information content (AvgIpc) is 3.51. The molecule has 0 atom stereocenters. The Morgan fingerprint density at radius 1 is 0.176 bits per heavy atom. The fourth-order valence-electron chi connectivity index (χ4n) is 12.4. The average molecular weight is 973 g/mol. The lowest BCUT2D eigenvalue weighted by Gasteiger charge is -2.35. The highest BCUT2D eigenvalue weighted by molar-refractivity contribution is 7.20. The first-order valence-corrected chi connectivity index (χ1v) is 29.7. The molecule has 13 rings (SSSR count). The molecule has 0 aliphatic heterocycles. The van der Waals surface area contributed by atoms with Crippen LogP contribution >= 0.6 is 0 Å². The zero-order valence-electron chi connectivity index (χ0n) is 41.0. The summed E-state index contributed by atoms with van der Waals surface area (Å²) in [5.74, 6) is 0. The smallest absolute Gasteiger partial charge is 0.0623 e. The third kappa shape index (κ3) is 7.49. The van der Waals surface area contributed by atoms with Gasteiger partial charge in [-0.05, 0) is 113 Å². The molecule has 0 aromatic heterocycles. The zero-order chi connectivity index (χ0) is 49.3. The molecule has 0 aliphatic rings. The minimum Gasteiger partial charge on any atom is -0.0623 e. The van der Waals surface area contributed by atoms with Crippen molar-refractivity contribution in [2.45, 2.75) is 0 Å². The third-order valence-corrected chi connectivity index (χ3v) is 25.1. The summed E-state index contributed by atoms with van der Waals surface area (Å²) in [5, 5.41) is 18.2. The van der Waals surface area contributed by atoms with Crippen LogP contribution in [0.5, 0.6) is 0 Å². The van der Waals surface area contributed by atoms with Crippen molar-refractivity contribution in [3.8, 4) is 33.4 Å². The lowest BCUT2D eigenvalue weighted by atomic mass is 9.84. The number of fused-ring (bicyclic) bond motifs is 3. The topological polar surface area (TPSA) is 0 Å². The van der Waals surface area contributed by atoms with Crippen molar-refractivity contribution in [3.05, 3.63) is 315 Å². The van der Waals surface area contributed by atoms with Crippen LogP contribution in [-0.2, 0) is 0 Å². The van der Waals surface area contributed by atoms with Crippen molar-refractivity contribution in [2.24, 2.45) is 0 Å². The fraction of sp³-hybridized carbons (Fsp3) is 0. The fourth-order valence-corrected chi connectivity index (χ4v) is 21.9. The van der Waals surface area contributed by atoms with Crippen LogP contribution in [0.3, 0.4) is 0 Å². The van der Waals surface area contributed by atoms with Gasteiger partial charge in [0, 0.05) is 0 Å². The molecular weight excluding hydrogens is 921 g/mol. The molecule has 0 amide bonds. The number of hydrogen-bond donors (Lipinski definition) is 0. The van der Waals surface area contributed by atoms with Gasteiger partial charge in [0.1, 0.15) is 0 Å². The maximum atomic E-state index is 2.62. The minimum absolute atomic E-state index is 1.20. The second-order valence-electron chi connectivity index (χ2n) is 19.4. The number of benzene rings is 13. The quantitative estimate of drug-likeness (QED) is 0.0688. The summed E-state index contributed by atoms with van der Waals surface area (Å²) in [5.41, 5.74) is 7.33. The molecule has 0 aliphatic carbocycles. The Bertz CT molecular complexity index is 3700. The van der Waals surface area contributed by atoms with Crippen LogP contribution in [0.15, 0.2) is 315 Å². The summed E-state index contributed by atoms with van der Waals surface area (Å²) >= 11 is 0. The highest BCUT2D eigenvalue weighted by atomic mass is 28.3. The Morgan fingerprint density at radius 2 is 0.514 bits per heavy atom. The third-order valence-electron chi connectivity index (χ3n) is 15.5. The molecule has 0 fully saturated rings. The first kappa shape index (κ1) is 45.0. The van der Waals surface area contributed by atoms with Crippen LogP contribution in [0.25, 0.3) is 65.7 Å². The second kappa shape index (κ2) is 19.2. The van der Waals surface area contributed by atoms with Gasteiger partial charge >= 0.3 is 0 Å². The van der Waals surface area contributed by atoms with Gasteiger partial charge in [0.25, 0.3) is 0 Å². The van der Waals surface area contributed by atoms with E-state index in [1.165, 1.54) is 107 Å². The highest BCUT2D eigenvalue weighted by Gasteiger charge is 2.43. The van der Waals surface area contributed by atoms with Crippen molar-refractivity contribution in [1.29, 1.82) is 0 Å². The van der Waals surface area contributed by atoms with Gasteiger partial charge in [-0.25, -0.2) is 0 Å². The van der Waals surface area contributed by atoms with Gasteiger partial charge in [-0.1, -0.05) is 309 Å². The van der Waals surface area contributed by atoms with E-state index in [0.717, 1.165) is 0 Å². The van der Waals surface area contributed by atoms with Gasteiger partial charge in [-0.3, -0.25) is 0 Å². The van der Waals surface area contributed by atoms with E-state index in [2.05, 4.69) is 315 Å². The van der Waals surface area contributed by atoms with Gasteiger partial charge in [0.15, 0.2) is 16.1 Å². The minimum atomic E-state index is -2.98. The molecule has 0 saturated heterocycles. The van der Waals surface area contributed by atoms with Crippen LogP contribution in [0.4, 0.5) is 0 Å². The van der Waals surface area contributed by atoms with Crippen LogP contribution in [-0.4, -0.2) is 16.1 Å². The largest absolute Gasteiger partial charge is 0.179 e. The van der Waals surface area contributed by atoms with Gasteiger partial charge in [-0.2, -0.15) is 0 Å². The van der Waals surface area contributed by atoms with E-state index in [-0.39, 0.29) is 0 Å². The Balaban J connectivity index is 1.24.